The molecule has 0 aliphatic heterocycles. The number of tetrazole rings is 1. The van der Waals surface area contributed by atoms with Crippen molar-refractivity contribution < 1.29 is 0 Å². The van der Waals surface area contributed by atoms with Gasteiger partial charge in [0.2, 0.25) is 0 Å². The van der Waals surface area contributed by atoms with Gasteiger partial charge in [-0.05, 0) is 39.6 Å². The number of hydrogen-bond acceptors (Lipinski definition) is 3. The van der Waals surface area contributed by atoms with Crippen LogP contribution in [0.25, 0.3) is 16.5 Å². The fraction of sp³-hybridized carbons (Fsp3) is 0.353. The zero-order valence-electron chi connectivity index (χ0n) is 12.9. The first-order valence-corrected chi connectivity index (χ1v) is 7.38. The van der Waals surface area contributed by atoms with E-state index in [0.717, 1.165) is 11.5 Å². The van der Waals surface area contributed by atoms with E-state index in [9.17, 15) is 0 Å². The van der Waals surface area contributed by atoms with Crippen LogP contribution in [0.3, 0.4) is 0 Å². The monoisotopic (exact) mass is 280 g/mol. The molecular formula is C17H20N4. The van der Waals surface area contributed by atoms with Gasteiger partial charge in [0.25, 0.3) is 0 Å². The summed E-state index contributed by atoms with van der Waals surface area (Å²) < 4.78 is 0. The Hall–Kier alpha value is -2.23. The van der Waals surface area contributed by atoms with Crippen LogP contribution in [0.5, 0.6) is 0 Å². The fourth-order valence-corrected chi connectivity index (χ4v) is 2.30. The Morgan fingerprint density at radius 2 is 1.62 bits per heavy atom. The van der Waals surface area contributed by atoms with Crippen LogP contribution in [-0.4, -0.2) is 20.2 Å². The van der Waals surface area contributed by atoms with Crippen LogP contribution in [0.1, 0.15) is 50.9 Å². The van der Waals surface area contributed by atoms with E-state index in [-0.39, 0.29) is 5.92 Å². The molecule has 3 rings (SSSR count). The van der Waals surface area contributed by atoms with E-state index in [0.29, 0.717) is 5.92 Å². The van der Waals surface area contributed by atoms with Crippen molar-refractivity contribution in [1.82, 2.24) is 20.2 Å². The zero-order chi connectivity index (χ0) is 15.0. The molecule has 0 saturated heterocycles. The van der Waals surface area contributed by atoms with E-state index in [1.54, 1.807) is 4.80 Å². The lowest BCUT2D eigenvalue weighted by atomic mass is 9.99. The molecule has 21 heavy (non-hydrogen) atoms. The lowest BCUT2D eigenvalue weighted by molar-refractivity contribution is 0.712. The molecule has 0 N–H and O–H groups in total. The fourth-order valence-electron chi connectivity index (χ4n) is 2.30. The lowest BCUT2D eigenvalue weighted by Crippen LogP contribution is -2.00. The van der Waals surface area contributed by atoms with Crippen molar-refractivity contribution in [3.63, 3.8) is 0 Å². The maximum absolute atomic E-state index is 4.44. The molecular weight excluding hydrogens is 260 g/mol. The second-order valence-corrected chi connectivity index (χ2v) is 6.04. The van der Waals surface area contributed by atoms with Gasteiger partial charge in [0.05, 0.1) is 5.69 Å². The van der Waals surface area contributed by atoms with Crippen LogP contribution in [0.2, 0.25) is 0 Å². The minimum Gasteiger partial charge on any atom is -0.131 e. The highest BCUT2D eigenvalue weighted by atomic mass is 15.6. The molecule has 0 bridgehead atoms. The summed E-state index contributed by atoms with van der Waals surface area (Å²) in [4.78, 5) is 1.61. The smallest absolute Gasteiger partial charge is 0.131 e. The molecule has 2 aromatic carbocycles. The molecule has 4 heteroatoms. The minimum atomic E-state index is 0.284. The molecule has 0 saturated carbocycles. The van der Waals surface area contributed by atoms with Gasteiger partial charge in [-0.3, -0.25) is 0 Å². The molecule has 0 radical (unpaired) electrons. The summed E-state index contributed by atoms with van der Waals surface area (Å²) in [6.45, 7) is 8.55. The van der Waals surface area contributed by atoms with Gasteiger partial charge in [-0.2, -0.15) is 0 Å². The van der Waals surface area contributed by atoms with Crippen LogP contribution in [0.4, 0.5) is 0 Å². The molecule has 1 aromatic heterocycles. The maximum Gasteiger partial charge on any atom is 0.177 e. The Kier molecular flexibility index (Phi) is 3.45. The Labute approximate surface area is 124 Å². The topological polar surface area (TPSA) is 43.6 Å². The van der Waals surface area contributed by atoms with Crippen LogP contribution >= 0.6 is 0 Å². The number of fused-ring (bicyclic) bond motifs is 1. The predicted molar refractivity (Wildman–Crippen MR) is 84.8 cm³/mol. The third-order valence-electron chi connectivity index (χ3n) is 3.69. The molecule has 0 amide bonds. The summed E-state index contributed by atoms with van der Waals surface area (Å²) in [6.07, 6.45) is 0. The van der Waals surface area contributed by atoms with E-state index in [2.05, 4.69) is 73.4 Å². The van der Waals surface area contributed by atoms with Crippen LogP contribution in [0.15, 0.2) is 36.4 Å². The largest absolute Gasteiger partial charge is 0.177 e. The number of nitrogens with zero attached hydrogens (tertiary/aromatic N) is 4. The van der Waals surface area contributed by atoms with Crippen molar-refractivity contribution >= 4 is 10.8 Å². The number of hydrogen-bond donors (Lipinski definition) is 0. The average molecular weight is 280 g/mol. The summed E-state index contributed by atoms with van der Waals surface area (Å²) in [5.74, 6) is 1.58. The molecule has 4 nitrogen and oxygen atoms in total. The number of rotatable bonds is 3. The van der Waals surface area contributed by atoms with Gasteiger partial charge in [0, 0.05) is 5.92 Å². The number of benzene rings is 2. The first-order chi connectivity index (χ1) is 10.0. The van der Waals surface area contributed by atoms with Crippen molar-refractivity contribution in [3.8, 4) is 5.69 Å². The van der Waals surface area contributed by atoms with Gasteiger partial charge in [0.15, 0.2) is 5.82 Å². The van der Waals surface area contributed by atoms with Gasteiger partial charge >= 0.3 is 0 Å². The predicted octanol–water partition coefficient (Wildman–Crippen LogP) is 4.06. The summed E-state index contributed by atoms with van der Waals surface area (Å²) in [6, 6.07) is 12.9. The second kappa shape index (κ2) is 5.28. The van der Waals surface area contributed by atoms with Gasteiger partial charge in [-0.15, -0.1) is 15.0 Å². The van der Waals surface area contributed by atoms with Gasteiger partial charge in [0.1, 0.15) is 0 Å². The molecule has 0 atom stereocenters. The van der Waals surface area contributed by atoms with Crippen molar-refractivity contribution in [2.24, 2.45) is 0 Å². The SMILES string of the molecule is CC(C)c1ccc2ccc(-n3nnc(C(C)C)n3)cc2c1. The van der Waals surface area contributed by atoms with Crippen LogP contribution in [0, 0.1) is 0 Å². The molecule has 1 heterocycles. The third kappa shape index (κ3) is 2.66. The van der Waals surface area contributed by atoms with E-state index >= 15 is 0 Å². The molecule has 108 valence electrons. The van der Waals surface area contributed by atoms with E-state index in [4.69, 9.17) is 0 Å². The Morgan fingerprint density at radius 3 is 2.29 bits per heavy atom. The third-order valence-corrected chi connectivity index (χ3v) is 3.69. The Balaban J connectivity index is 2.06. The normalized spacial score (nSPS) is 11.7. The lowest BCUT2D eigenvalue weighted by Gasteiger charge is -2.08. The molecule has 0 aliphatic rings. The van der Waals surface area contributed by atoms with Crippen LogP contribution in [-0.2, 0) is 0 Å². The van der Waals surface area contributed by atoms with Gasteiger partial charge in [-0.1, -0.05) is 52.0 Å². The zero-order valence-corrected chi connectivity index (χ0v) is 12.9. The van der Waals surface area contributed by atoms with E-state index < -0.39 is 0 Å². The van der Waals surface area contributed by atoms with E-state index in [1.165, 1.54) is 16.3 Å². The highest BCUT2D eigenvalue weighted by Crippen LogP contribution is 2.23. The highest BCUT2D eigenvalue weighted by molar-refractivity contribution is 5.85. The van der Waals surface area contributed by atoms with Crippen molar-refractivity contribution in [3.05, 3.63) is 47.8 Å². The highest BCUT2D eigenvalue weighted by Gasteiger charge is 2.09. The van der Waals surface area contributed by atoms with Crippen molar-refractivity contribution in [1.29, 1.82) is 0 Å². The Morgan fingerprint density at radius 1 is 0.857 bits per heavy atom. The van der Waals surface area contributed by atoms with Crippen molar-refractivity contribution in [2.45, 2.75) is 39.5 Å². The molecule has 0 spiro atoms. The van der Waals surface area contributed by atoms with Gasteiger partial charge < -0.3 is 0 Å². The standard InChI is InChI=1S/C17H20N4/c1-11(2)14-6-5-13-7-8-16(10-15(13)9-14)21-19-17(12(3)4)18-20-21/h5-12H,1-4H3. The maximum atomic E-state index is 4.44. The quantitative estimate of drug-likeness (QED) is 0.726. The van der Waals surface area contributed by atoms with Gasteiger partial charge in [-0.25, -0.2) is 0 Å². The van der Waals surface area contributed by atoms with Crippen molar-refractivity contribution in [2.75, 3.05) is 0 Å². The average Bonchev–Trinajstić information content (AvgIpc) is 2.96. The minimum absolute atomic E-state index is 0.284. The first-order valence-electron chi connectivity index (χ1n) is 7.38. The van der Waals surface area contributed by atoms with E-state index in [1.807, 2.05) is 6.07 Å². The molecule has 0 fully saturated rings. The second-order valence-electron chi connectivity index (χ2n) is 6.04. The molecule has 3 aromatic rings. The summed E-state index contributed by atoms with van der Waals surface area (Å²) >= 11 is 0. The Bertz CT molecular complexity index is 771. The number of aromatic nitrogens is 4. The summed E-state index contributed by atoms with van der Waals surface area (Å²) in [5, 5.41) is 15.1. The molecule has 0 unspecified atom stereocenters. The summed E-state index contributed by atoms with van der Waals surface area (Å²) in [7, 11) is 0. The van der Waals surface area contributed by atoms with Crippen LogP contribution < -0.4 is 0 Å². The summed E-state index contributed by atoms with van der Waals surface area (Å²) in [5.41, 5.74) is 2.29. The first kappa shape index (κ1) is 13.7. The molecule has 0 aliphatic carbocycles.